The van der Waals surface area contributed by atoms with Crippen molar-refractivity contribution in [1.29, 1.82) is 0 Å². The topological polar surface area (TPSA) is 163 Å². The number of sulfonamides is 1. The summed E-state index contributed by atoms with van der Waals surface area (Å²) in [5.74, 6) is -3.30. The average Bonchev–Trinajstić information content (AvgIpc) is 3.67. The van der Waals surface area contributed by atoms with Crippen molar-refractivity contribution in [2.24, 2.45) is 5.92 Å². The van der Waals surface area contributed by atoms with Gasteiger partial charge in [-0.3, -0.25) is 29.5 Å². The van der Waals surface area contributed by atoms with Gasteiger partial charge < -0.3 is 15.5 Å². The number of hydrogen-bond donors (Lipinski definition) is 4. The van der Waals surface area contributed by atoms with Gasteiger partial charge in [0.2, 0.25) is 27.6 Å². The number of Topliss-reactive ketones (excluding diaryl/α,β-unsaturated/α-hetero) is 1. The third-order valence-electron chi connectivity index (χ3n) is 9.08. The van der Waals surface area contributed by atoms with Gasteiger partial charge in [-0.1, -0.05) is 68.9 Å². The lowest BCUT2D eigenvalue weighted by molar-refractivity contribution is -0.143. The molecule has 1 saturated heterocycles. The number of hydrogen-bond acceptors (Lipinski definition) is 8. The van der Waals surface area contributed by atoms with Crippen LogP contribution in [0, 0.1) is 5.92 Å². The summed E-state index contributed by atoms with van der Waals surface area (Å²) in [6.45, 7) is 5.29. The summed E-state index contributed by atoms with van der Waals surface area (Å²) in [5.41, 5.74) is 3.02. The molecule has 1 saturated carbocycles. The molecule has 0 radical (unpaired) electrons. The molecule has 2 aromatic carbocycles. The van der Waals surface area contributed by atoms with Gasteiger partial charge in [0.15, 0.2) is 0 Å². The van der Waals surface area contributed by atoms with Crippen molar-refractivity contribution in [3.05, 3.63) is 70.2 Å². The second kappa shape index (κ2) is 15.2. The Labute approximate surface area is 296 Å². The number of ketones is 1. The van der Waals surface area contributed by atoms with Crippen molar-refractivity contribution in [2.45, 2.75) is 94.0 Å². The van der Waals surface area contributed by atoms with Crippen LogP contribution in [0.2, 0.25) is 10.0 Å². The van der Waals surface area contributed by atoms with Crippen LogP contribution in [-0.4, -0.2) is 73.1 Å². The lowest BCUT2D eigenvalue weighted by Gasteiger charge is -2.31. The maximum absolute atomic E-state index is 14.5. The van der Waals surface area contributed by atoms with Crippen molar-refractivity contribution in [1.82, 2.24) is 25.7 Å². The lowest BCUT2D eigenvalue weighted by atomic mass is 9.97. The highest BCUT2D eigenvalue weighted by Crippen LogP contribution is 2.38. The molecule has 1 unspecified atom stereocenters. The molecule has 15 heteroatoms. The number of rotatable bonds is 14. The summed E-state index contributed by atoms with van der Waals surface area (Å²) >= 11 is 12.2. The minimum atomic E-state index is -4.19. The third-order valence-corrected chi connectivity index (χ3v) is 11.0. The molecule has 1 aliphatic carbocycles. The third kappa shape index (κ3) is 8.64. The van der Waals surface area contributed by atoms with Crippen LogP contribution < -0.4 is 20.8 Å². The van der Waals surface area contributed by atoms with E-state index in [1.165, 1.54) is 29.2 Å². The number of benzene rings is 2. The minimum absolute atomic E-state index is 0.0138. The van der Waals surface area contributed by atoms with E-state index in [1.54, 1.807) is 31.2 Å². The molecule has 1 spiro atoms. The van der Waals surface area contributed by atoms with E-state index < -0.39 is 63.2 Å². The van der Waals surface area contributed by atoms with Crippen molar-refractivity contribution in [2.75, 3.05) is 6.54 Å². The van der Waals surface area contributed by atoms with Gasteiger partial charge in [0, 0.05) is 28.1 Å². The summed E-state index contributed by atoms with van der Waals surface area (Å²) in [6, 6.07) is 9.05. The smallest absolute Gasteiger partial charge is 0.289 e. The number of carbonyl (C=O) groups is 4. The highest BCUT2D eigenvalue weighted by Gasteiger charge is 2.53. The highest BCUT2D eigenvalue weighted by molar-refractivity contribution is 7.89. The monoisotopic (exact) mass is 733 g/mol. The molecular weight excluding hydrogens is 693 g/mol. The second-order valence-corrected chi connectivity index (χ2v) is 15.5. The molecule has 2 fully saturated rings. The molecule has 3 amide bonds. The van der Waals surface area contributed by atoms with Crippen LogP contribution in [0.4, 0.5) is 0 Å². The van der Waals surface area contributed by atoms with Crippen LogP contribution in [0.15, 0.2) is 59.5 Å². The molecule has 5 rings (SSSR count). The predicted molar refractivity (Wildman–Crippen MR) is 185 cm³/mol. The Bertz CT molecular complexity index is 1730. The van der Waals surface area contributed by atoms with E-state index in [-0.39, 0.29) is 30.3 Å². The summed E-state index contributed by atoms with van der Waals surface area (Å²) in [4.78, 5) is 61.7. The maximum Gasteiger partial charge on any atom is 0.289 e. The quantitative estimate of drug-likeness (QED) is 0.214. The first-order valence-corrected chi connectivity index (χ1v) is 18.7. The molecule has 49 heavy (non-hydrogen) atoms. The van der Waals surface area contributed by atoms with E-state index in [0.29, 0.717) is 28.6 Å². The molecule has 4 N–H and O–H groups in total. The Hall–Kier alpha value is -3.49. The highest BCUT2D eigenvalue weighted by atomic mass is 35.5. The number of carbonyl (C=O) groups excluding carboxylic acids is 4. The predicted octanol–water partition coefficient (Wildman–Crippen LogP) is 3.73. The summed E-state index contributed by atoms with van der Waals surface area (Å²) in [7, 11) is -4.19. The van der Waals surface area contributed by atoms with E-state index in [1.807, 2.05) is 19.9 Å². The van der Waals surface area contributed by atoms with Gasteiger partial charge in [0.1, 0.15) is 17.7 Å². The zero-order valence-electron chi connectivity index (χ0n) is 27.5. The minimum Gasteiger partial charge on any atom is -0.347 e. The molecule has 0 bridgehead atoms. The van der Waals surface area contributed by atoms with E-state index in [0.717, 1.165) is 18.4 Å². The standard InChI is InChI=1S/C34H41Cl2N5O7S/c1-4-7-26(30(42)32(44)37-24-12-13-24)38-31(43)28-18-34(17-27(39-48-34)21-8-6-9-23(36)16-21)19-41(28)33(45)29(20(3)5-2)40-49(46,47)25-14-10-22(35)11-15-25/h6,8-11,14-17,20,24,26,28-29,39-40H,4-5,7,12-13,18-19H2,1-3H3,(H,37,44)(H,38,43)/t20?,26-,28-,29-,34+/m0/s1. The Balaban J connectivity index is 1.46. The molecule has 12 nitrogen and oxygen atoms in total. The van der Waals surface area contributed by atoms with Gasteiger partial charge in [-0.2, -0.15) is 4.72 Å². The van der Waals surface area contributed by atoms with Gasteiger partial charge in [0.05, 0.1) is 23.2 Å². The molecule has 3 aliphatic rings. The maximum atomic E-state index is 14.5. The van der Waals surface area contributed by atoms with Crippen molar-refractivity contribution in [3.63, 3.8) is 0 Å². The zero-order chi connectivity index (χ0) is 35.5. The SMILES string of the molecule is CCC[C@H](NC(=O)[C@@H]1C[C@]2(C=C(c3cccc(Cl)c3)NO2)CN1C(=O)[C@@H](NS(=O)(=O)c1ccc(Cl)cc1)C(C)CC)C(=O)C(=O)NC1CC1. The number of hydroxylamine groups is 1. The molecular formula is C34H41Cl2N5O7S. The van der Waals surface area contributed by atoms with Crippen LogP contribution in [0.5, 0.6) is 0 Å². The number of nitrogens with one attached hydrogen (secondary N) is 4. The normalized spacial score (nSPS) is 22.2. The Kier molecular flexibility index (Phi) is 11.4. The Morgan fingerprint density at radius 3 is 2.41 bits per heavy atom. The summed E-state index contributed by atoms with van der Waals surface area (Å²) < 4.78 is 29.5. The largest absolute Gasteiger partial charge is 0.347 e. The van der Waals surface area contributed by atoms with Gasteiger partial charge in [-0.25, -0.2) is 8.42 Å². The summed E-state index contributed by atoms with van der Waals surface area (Å²) in [6.07, 6.45) is 4.51. The molecule has 5 atom stereocenters. The van der Waals surface area contributed by atoms with Crippen molar-refractivity contribution >= 4 is 62.4 Å². The fourth-order valence-electron chi connectivity index (χ4n) is 5.96. The van der Waals surface area contributed by atoms with E-state index in [4.69, 9.17) is 28.0 Å². The van der Waals surface area contributed by atoms with Gasteiger partial charge in [-0.15, -0.1) is 0 Å². The first-order chi connectivity index (χ1) is 23.3. The van der Waals surface area contributed by atoms with Crippen LogP contribution in [0.1, 0.15) is 64.9 Å². The lowest BCUT2D eigenvalue weighted by Crippen LogP contribution is -2.57. The number of halogens is 2. The van der Waals surface area contributed by atoms with Crippen LogP contribution >= 0.6 is 23.2 Å². The van der Waals surface area contributed by atoms with E-state index in [9.17, 15) is 27.6 Å². The number of likely N-dealkylation sites (tertiary alicyclic amines) is 1. The first-order valence-electron chi connectivity index (χ1n) is 16.4. The summed E-state index contributed by atoms with van der Waals surface area (Å²) in [5, 5.41) is 6.26. The first kappa shape index (κ1) is 36.8. The fraction of sp³-hybridized carbons (Fsp3) is 0.471. The van der Waals surface area contributed by atoms with Gasteiger partial charge in [-0.05, 0) is 67.7 Å². The molecule has 2 aromatic rings. The number of amides is 3. The molecule has 0 aromatic heterocycles. The Morgan fingerprint density at radius 2 is 1.78 bits per heavy atom. The van der Waals surface area contributed by atoms with Gasteiger partial charge >= 0.3 is 0 Å². The molecule has 2 aliphatic heterocycles. The zero-order valence-corrected chi connectivity index (χ0v) is 29.8. The molecule has 264 valence electrons. The van der Waals surface area contributed by atoms with E-state index >= 15 is 0 Å². The number of nitrogens with zero attached hydrogens (tertiary/aromatic N) is 1. The van der Waals surface area contributed by atoms with Crippen molar-refractivity contribution < 1.29 is 32.4 Å². The van der Waals surface area contributed by atoms with Gasteiger partial charge in [0.25, 0.3) is 5.91 Å². The average molecular weight is 735 g/mol. The second-order valence-electron chi connectivity index (χ2n) is 12.9. The Morgan fingerprint density at radius 1 is 1.06 bits per heavy atom. The van der Waals surface area contributed by atoms with E-state index in [2.05, 4.69) is 20.8 Å². The van der Waals surface area contributed by atoms with Crippen molar-refractivity contribution in [3.8, 4) is 0 Å². The van der Waals surface area contributed by atoms with Crippen LogP contribution in [-0.2, 0) is 34.0 Å². The molecule has 2 heterocycles. The van der Waals surface area contributed by atoms with Crippen LogP contribution in [0.3, 0.4) is 0 Å². The van der Waals surface area contributed by atoms with Crippen LogP contribution in [0.25, 0.3) is 5.70 Å². The fourth-order valence-corrected chi connectivity index (χ4v) is 7.58.